The molecule has 1 amide bonds. The van der Waals surface area contributed by atoms with E-state index in [4.69, 9.17) is 14.2 Å². The fourth-order valence-electron chi connectivity index (χ4n) is 1.73. The average molecular weight is 341 g/mol. The molecule has 0 saturated heterocycles. The summed E-state index contributed by atoms with van der Waals surface area (Å²) in [5.74, 6) is -0.174. The zero-order chi connectivity index (χ0) is 17.1. The Balaban J connectivity index is 2.45. The van der Waals surface area contributed by atoms with E-state index in [1.807, 2.05) is 44.2 Å². The van der Waals surface area contributed by atoms with Gasteiger partial charge in [-0.05, 0) is 19.4 Å². The number of thioether (sulfide) groups is 1. The molecule has 0 spiro atoms. The molecule has 0 fully saturated rings. The third-order valence-electron chi connectivity index (χ3n) is 2.89. The summed E-state index contributed by atoms with van der Waals surface area (Å²) < 4.78 is 15.2. The highest BCUT2D eigenvalue weighted by molar-refractivity contribution is 7.99. The molecule has 0 aliphatic carbocycles. The predicted octanol–water partition coefficient (Wildman–Crippen LogP) is 2.57. The number of carbonyl (C=O) groups excluding carboxylic acids is 2. The Bertz CT molecular complexity index is 483. The number of hydrogen-bond donors (Lipinski definition) is 1. The molecule has 0 bridgehead atoms. The minimum atomic E-state index is -0.781. The normalized spacial score (nSPS) is 13.0. The van der Waals surface area contributed by atoms with Crippen LogP contribution in [0, 0.1) is 0 Å². The Kier molecular flexibility index (Phi) is 9.16. The van der Waals surface area contributed by atoms with Crippen molar-refractivity contribution in [2.24, 2.45) is 0 Å². The van der Waals surface area contributed by atoms with Crippen LogP contribution < -0.4 is 5.32 Å². The predicted molar refractivity (Wildman–Crippen MR) is 89.1 cm³/mol. The molecule has 1 N–H and O–H groups in total. The number of nitrogens with one attached hydrogen (secondary N) is 1. The molecule has 128 valence electrons. The van der Waals surface area contributed by atoms with E-state index in [0.29, 0.717) is 12.4 Å². The van der Waals surface area contributed by atoms with Crippen molar-refractivity contribution in [1.29, 1.82) is 0 Å². The highest BCUT2D eigenvalue weighted by Crippen LogP contribution is 2.13. The van der Waals surface area contributed by atoms with Crippen LogP contribution in [0.15, 0.2) is 30.3 Å². The van der Waals surface area contributed by atoms with Gasteiger partial charge in [0.25, 0.3) is 0 Å². The van der Waals surface area contributed by atoms with Gasteiger partial charge in [-0.1, -0.05) is 30.3 Å². The fourth-order valence-corrected chi connectivity index (χ4v) is 2.65. The van der Waals surface area contributed by atoms with Gasteiger partial charge in [-0.3, -0.25) is 0 Å². The summed E-state index contributed by atoms with van der Waals surface area (Å²) in [5, 5.41) is 2.52. The maximum Gasteiger partial charge on any atom is 0.408 e. The number of benzene rings is 1. The summed E-state index contributed by atoms with van der Waals surface area (Å²) in [6, 6.07) is 8.53. The number of hydrogen-bond acceptors (Lipinski definition) is 6. The first-order chi connectivity index (χ1) is 11.1. The number of carbonyl (C=O) groups is 2. The maximum absolute atomic E-state index is 11.8. The van der Waals surface area contributed by atoms with Crippen molar-refractivity contribution in [3.63, 3.8) is 0 Å². The summed E-state index contributed by atoms with van der Waals surface area (Å²) in [7, 11) is 1.28. The Morgan fingerprint density at radius 1 is 1.26 bits per heavy atom. The van der Waals surface area contributed by atoms with Crippen molar-refractivity contribution in [1.82, 2.24) is 5.32 Å². The Hall–Kier alpha value is -1.73. The summed E-state index contributed by atoms with van der Waals surface area (Å²) >= 11 is 1.42. The first-order valence-corrected chi connectivity index (χ1v) is 8.40. The van der Waals surface area contributed by atoms with E-state index in [-0.39, 0.29) is 12.0 Å². The number of methoxy groups -OCH3 is 1. The van der Waals surface area contributed by atoms with Crippen LogP contribution in [0.2, 0.25) is 0 Å². The van der Waals surface area contributed by atoms with E-state index >= 15 is 0 Å². The summed E-state index contributed by atoms with van der Waals surface area (Å²) in [5.41, 5.74) is 0.797. The minimum Gasteiger partial charge on any atom is -0.467 e. The van der Waals surface area contributed by atoms with Gasteiger partial charge in [-0.2, -0.15) is 0 Å². The third-order valence-corrected chi connectivity index (χ3v) is 4.02. The summed E-state index contributed by atoms with van der Waals surface area (Å²) in [4.78, 5) is 23.6. The molecule has 7 heteroatoms. The minimum absolute atomic E-state index is 0.0747. The van der Waals surface area contributed by atoms with Gasteiger partial charge in [-0.25, -0.2) is 9.59 Å². The fraction of sp³-hybridized carbons (Fsp3) is 0.500. The van der Waals surface area contributed by atoms with Crippen molar-refractivity contribution in [2.45, 2.75) is 31.9 Å². The monoisotopic (exact) mass is 341 g/mol. The molecule has 0 aromatic heterocycles. The standard InChI is InChI=1S/C16H23NO5S/c1-4-21-12(2)23-11-14(15(18)20-3)17-16(19)22-10-13-8-6-5-7-9-13/h5-9,12,14H,4,10-11H2,1-3H3,(H,17,19)/t12?,14-/m0/s1. The number of alkyl carbamates (subject to hydrolysis) is 1. The van der Waals surface area contributed by atoms with E-state index in [1.165, 1.54) is 18.9 Å². The zero-order valence-electron chi connectivity index (χ0n) is 13.6. The van der Waals surface area contributed by atoms with E-state index in [9.17, 15) is 9.59 Å². The molecule has 0 aliphatic heterocycles. The van der Waals surface area contributed by atoms with Crippen molar-refractivity contribution in [2.75, 3.05) is 19.5 Å². The Morgan fingerprint density at radius 3 is 2.57 bits per heavy atom. The lowest BCUT2D eigenvalue weighted by Gasteiger charge is -2.18. The first kappa shape index (κ1) is 19.3. The largest absolute Gasteiger partial charge is 0.467 e. The van der Waals surface area contributed by atoms with E-state index in [0.717, 1.165) is 5.56 Å². The van der Waals surface area contributed by atoms with Gasteiger partial charge in [-0.15, -0.1) is 11.8 Å². The SMILES string of the molecule is CCOC(C)SC[C@H](NC(=O)OCc1ccccc1)C(=O)OC. The molecule has 1 aromatic rings. The molecule has 6 nitrogen and oxygen atoms in total. The number of ether oxygens (including phenoxy) is 3. The van der Waals surface area contributed by atoms with Crippen LogP contribution in [0.5, 0.6) is 0 Å². The second-order valence-corrected chi connectivity index (χ2v) is 5.97. The number of amides is 1. The van der Waals surface area contributed by atoms with Gasteiger partial charge in [0.2, 0.25) is 0 Å². The van der Waals surface area contributed by atoms with E-state index in [1.54, 1.807) is 0 Å². The van der Waals surface area contributed by atoms with Crippen molar-refractivity contribution >= 4 is 23.8 Å². The molecule has 1 unspecified atom stereocenters. The van der Waals surface area contributed by atoms with Crippen LogP contribution in [0.4, 0.5) is 4.79 Å². The Labute approximate surface area is 140 Å². The van der Waals surface area contributed by atoms with Gasteiger partial charge in [0.05, 0.1) is 12.5 Å². The van der Waals surface area contributed by atoms with Gasteiger partial charge < -0.3 is 19.5 Å². The highest BCUT2D eigenvalue weighted by atomic mass is 32.2. The molecule has 0 aliphatic rings. The molecule has 2 atom stereocenters. The molecule has 23 heavy (non-hydrogen) atoms. The van der Waals surface area contributed by atoms with E-state index < -0.39 is 18.1 Å². The van der Waals surface area contributed by atoms with Crippen LogP contribution in [0.1, 0.15) is 19.4 Å². The second kappa shape index (κ2) is 10.9. The molecule has 0 radical (unpaired) electrons. The van der Waals surface area contributed by atoms with Crippen molar-refractivity contribution in [3.8, 4) is 0 Å². The highest BCUT2D eigenvalue weighted by Gasteiger charge is 2.23. The smallest absolute Gasteiger partial charge is 0.408 e. The lowest BCUT2D eigenvalue weighted by molar-refractivity contribution is -0.142. The second-order valence-electron chi connectivity index (χ2n) is 4.64. The van der Waals surface area contributed by atoms with E-state index in [2.05, 4.69) is 5.32 Å². The first-order valence-electron chi connectivity index (χ1n) is 7.35. The number of esters is 1. The molecule has 1 aromatic carbocycles. The average Bonchev–Trinajstić information content (AvgIpc) is 2.57. The quantitative estimate of drug-likeness (QED) is 0.550. The molecule has 1 rings (SSSR count). The Morgan fingerprint density at radius 2 is 1.96 bits per heavy atom. The zero-order valence-corrected chi connectivity index (χ0v) is 14.4. The number of rotatable bonds is 9. The van der Waals surface area contributed by atoms with Crippen LogP contribution in [-0.4, -0.2) is 43.0 Å². The van der Waals surface area contributed by atoms with Crippen LogP contribution in [0.3, 0.4) is 0 Å². The topological polar surface area (TPSA) is 73.9 Å². The lowest BCUT2D eigenvalue weighted by atomic mass is 10.2. The lowest BCUT2D eigenvalue weighted by Crippen LogP contribution is -2.43. The van der Waals surface area contributed by atoms with Crippen LogP contribution in [-0.2, 0) is 25.6 Å². The van der Waals surface area contributed by atoms with Gasteiger partial charge in [0, 0.05) is 12.4 Å². The van der Waals surface area contributed by atoms with Crippen molar-refractivity contribution < 1.29 is 23.8 Å². The van der Waals surface area contributed by atoms with Gasteiger partial charge in [0.1, 0.15) is 12.6 Å². The summed E-state index contributed by atoms with van der Waals surface area (Å²) in [6.45, 7) is 4.51. The molecule has 0 saturated carbocycles. The molecular weight excluding hydrogens is 318 g/mol. The van der Waals surface area contributed by atoms with Crippen molar-refractivity contribution in [3.05, 3.63) is 35.9 Å². The summed E-state index contributed by atoms with van der Waals surface area (Å²) in [6.07, 6.45) is -0.658. The van der Waals surface area contributed by atoms with Gasteiger partial charge >= 0.3 is 12.1 Å². The van der Waals surface area contributed by atoms with Crippen LogP contribution in [0.25, 0.3) is 0 Å². The third kappa shape index (κ3) is 7.90. The van der Waals surface area contributed by atoms with Crippen LogP contribution >= 0.6 is 11.8 Å². The molecule has 0 heterocycles. The maximum atomic E-state index is 11.8. The molecular formula is C16H23NO5S. The van der Waals surface area contributed by atoms with Gasteiger partial charge in [0.15, 0.2) is 0 Å².